The van der Waals surface area contributed by atoms with E-state index in [-0.39, 0.29) is 0 Å². The van der Waals surface area contributed by atoms with Crippen molar-refractivity contribution in [3.63, 3.8) is 0 Å². The number of benzene rings is 2. The van der Waals surface area contributed by atoms with Crippen LogP contribution in [-0.2, 0) is 9.59 Å². The minimum atomic E-state index is -0.864. The predicted octanol–water partition coefficient (Wildman–Crippen LogP) is 4.60. The Morgan fingerprint density at radius 2 is 1.76 bits per heavy atom. The molecule has 2 aromatic carbocycles. The summed E-state index contributed by atoms with van der Waals surface area (Å²) in [6.07, 6.45) is 1.50. The van der Waals surface area contributed by atoms with Crippen molar-refractivity contribution >= 4 is 51.2 Å². The Balaban J connectivity index is 1.70. The first-order chi connectivity index (χ1) is 13.9. The Kier molecular flexibility index (Phi) is 6.51. The quantitative estimate of drug-likeness (QED) is 0.330. The Hall–Kier alpha value is -2.90. The lowest BCUT2D eigenvalue weighted by molar-refractivity contribution is -0.136. The van der Waals surface area contributed by atoms with E-state index in [0.29, 0.717) is 15.2 Å². The second kappa shape index (κ2) is 9.07. The zero-order valence-corrected chi connectivity index (χ0v) is 18.1. The number of carbonyl (C=O) groups excluding carboxylic acids is 2. The van der Waals surface area contributed by atoms with Gasteiger partial charge in [-0.15, -0.1) is 0 Å². The summed E-state index contributed by atoms with van der Waals surface area (Å²) in [6.45, 7) is 3.89. The number of aryl methyl sites for hydroxylation is 1. The molecule has 3 rings (SSSR count). The highest BCUT2D eigenvalue weighted by Crippen LogP contribution is 2.25. The molecule has 0 aliphatic heterocycles. The average Bonchev–Trinajstić information content (AvgIpc) is 2.97. The highest BCUT2D eigenvalue weighted by atomic mass is 79.9. The summed E-state index contributed by atoms with van der Waals surface area (Å²) in [5.41, 5.74) is 6.28. The lowest BCUT2D eigenvalue weighted by Crippen LogP contribution is -2.32. The number of aromatic nitrogens is 1. The molecule has 0 spiro atoms. The molecule has 0 aliphatic rings. The molecule has 6 nitrogen and oxygen atoms in total. The van der Waals surface area contributed by atoms with Crippen LogP contribution in [-0.4, -0.2) is 22.6 Å². The molecule has 8 heteroatoms. The number of anilines is 1. The predicted molar refractivity (Wildman–Crippen MR) is 119 cm³/mol. The van der Waals surface area contributed by atoms with Gasteiger partial charge in [0.25, 0.3) is 0 Å². The molecule has 0 bridgehead atoms. The zero-order chi connectivity index (χ0) is 21.0. The summed E-state index contributed by atoms with van der Waals surface area (Å²) >= 11 is 9.62. The third-order valence-corrected chi connectivity index (χ3v) is 5.27. The van der Waals surface area contributed by atoms with E-state index in [1.165, 1.54) is 6.21 Å². The molecule has 1 heterocycles. The maximum Gasteiger partial charge on any atom is 0.329 e. The number of nitrogens with zero attached hydrogens (tertiary/aromatic N) is 2. The number of carbonyl (C=O) groups is 2. The molecule has 0 unspecified atom stereocenters. The monoisotopic (exact) mass is 472 g/mol. The van der Waals surface area contributed by atoms with Gasteiger partial charge in [0.1, 0.15) is 0 Å². The fourth-order valence-corrected chi connectivity index (χ4v) is 3.48. The number of para-hydroxylation sites is 2. The number of rotatable bonds is 4. The minimum absolute atomic E-state index is 0.500. The Morgan fingerprint density at radius 1 is 1.07 bits per heavy atom. The van der Waals surface area contributed by atoms with Crippen molar-refractivity contribution in [1.29, 1.82) is 0 Å². The number of hydrogen-bond donors (Lipinski definition) is 2. The van der Waals surface area contributed by atoms with Crippen LogP contribution in [0.2, 0.25) is 5.02 Å². The Bertz CT molecular complexity index is 1110. The van der Waals surface area contributed by atoms with Gasteiger partial charge in [-0.2, -0.15) is 5.10 Å². The third-order valence-electron chi connectivity index (χ3n) is 4.26. The van der Waals surface area contributed by atoms with Crippen molar-refractivity contribution in [1.82, 2.24) is 9.99 Å². The molecule has 0 fully saturated rings. The van der Waals surface area contributed by atoms with E-state index in [4.69, 9.17) is 11.6 Å². The van der Waals surface area contributed by atoms with Crippen molar-refractivity contribution in [2.75, 3.05) is 5.32 Å². The van der Waals surface area contributed by atoms with Crippen molar-refractivity contribution in [3.05, 3.63) is 81.0 Å². The molecule has 29 heavy (non-hydrogen) atoms. The molecule has 2 amide bonds. The van der Waals surface area contributed by atoms with Gasteiger partial charge in [0, 0.05) is 21.4 Å². The van der Waals surface area contributed by atoms with Crippen LogP contribution in [0.15, 0.2) is 64.2 Å². The van der Waals surface area contributed by atoms with Gasteiger partial charge >= 0.3 is 11.8 Å². The van der Waals surface area contributed by atoms with Crippen LogP contribution < -0.4 is 10.7 Å². The molecular formula is C21H18BrClN4O2. The first kappa shape index (κ1) is 20.8. The van der Waals surface area contributed by atoms with Gasteiger partial charge < -0.3 is 9.88 Å². The van der Waals surface area contributed by atoms with Crippen molar-refractivity contribution in [3.8, 4) is 5.69 Å². The molecule has 0 saturated heterocycles. The molecule has 0 aliphatic carbocycles. The van der Waals surface area contributed by atoms with E-state index in [2.05, 4.69) is 31.8 Å². The maximum absolute atomic E-state index is 12.0. The van der Waals surface area contributed by atoms with Crippen LogP contribution in [0.25, 0.3) is 5.69 Å². The standard InChI is InChI=1S/C21H18BrClN4O2/c1-13-11-15(14(2)27(13)19-10-6-4-8-17(19)23)12-24-26-21(29)20(28)25-18-9-5-3-7-16(18)22/h3-12H,1-2H3,(H,25,28)(H,26,29)/b24-12-. The number of amides is 2. The van der Waals surface area contributed by atoms with E-state index in [1.807, 2.05) is 54.8 Å². The fraction of sp³-hybridized carbons (Fsp3) is 0.0952. The molecule has 1 aromatic heterocycles. The van der Waals surface area contributed by atoms with Gasteiger partial charge in [-0.1, -0.05) is 35.9 Å². The Morgan fingerprint density at radius 3 is 2.48 bits per heavy atom. The number of halogens is 2. The second-order valence-electron chi connectivity index (χ2n) is 6.25. The van der Waals surface area contributed by atoms with Crippen LogP contribution in [0.1, 0.15) is 17.0 Å². The van der Waals surface area contributed by atoms with Crippen molar-refractivity contribution in [2.45, 2.75) is 13.8 Å². The van der Waals surface area contributed by atoms with Gasteiger partial charge in [0.15, 0.2) is 0 Å². The topological polar surface area (TPSA) is 75.5 Å². The lowest BCUT2D eigenvalue weighted by atomic mass is 10.2. The molecular weight excluding hydrogens is 456 g/mol. The van der Waals surface area contributed by atoms with E-state index >= 15 is 0 Å². The van der Waals surface area contributed by atoms with Gasteiger partial charge in [-0.3, -0.25) is 9.59 Å². The normalized spacial score (nSPS) is 10.9. The zero-order valence-electron chi connectivity index (χ0n) is 15.7. The molecule has 2 N–H and O–H groups in total. The average molecular weight is 474 g/mol. The smallest absolute Gasteiger partial charge is 0.317 e. The summed E-state index contributed by atoms with van der Waals surface area (Å²) in [5.74, 6) is -1.67. The summed E-state index contributed by atoms with van der Waals surface area (Å²) in [4.78, 5) is 24.0. The molecule has 0 saturated carbocycles. The van der Waals surface area contributed by atoms with E-state index in [1.54, 1.807) is 18.2 Å². The van der Waals surface area contributed by atoms with Gasteiger partial charge in [0.05, 0.1) is 22.6 Å². The summed E-state index contributed by atoms with van der Waals surface area (Å²) in [7, 11) is 0. The number of nitrogens with one attached hydrogen (secondary N) is 2. The van der Waals surface area contributed by atoms with Gasteiger partial charge in [-0.25, -0.2) is 5.43 Å². The first-order valence-corrected chi connectivity index (χ1v) is 9.88. The van der Waals surface area contributed by atoms with E-state index in [9.17, 15) is 9.59 Å². The fourth-order valence-electron chi connectivity index (χ4n) is 2.87. The van der Waals surface area contributed by atoms with Crippen molar-refractivity contribution < 1.29 is 9.59 Å². The third kappa shape index (κ3) is 4.75. The van der Waals surface area contributed by atoms with Crippen molar-refractivity contribution in [2.24, 2.45) is 5.10 Å². The first-order valence-electron chi connectivity index (χ1n) is 8.71. The molecule has 0 atom stereocenters. The minimum Gasteiger partial charge on any atom is -0.317 e. The molecule has 148 valence electrons. The summed E-state index contributed by atoms with van der Waals surface area (Å²) in [6, 6.07) is 16.5. The lowest BCUT2D eigenvalue weighted by Gasteiger charge is -2.11. The summed E-state index contributed by atoms with van der Waals surface area (Å²) in [5, 5.41) is 7.07. The number of hydrazone groups is 1. The van der Waals surface area contributed by atoms with Crippen LogP contribution in [0, 0.1) is 13.8 Å². The van der Waals surface area contributed by atoms with Crippen LogP contribution in [0.3, 0.4) is 0 Å². The van der Waals surface area contributed by atoms with Gasteiger partial charge in [0.2, 0.25) is 0 Å². The highest BCUT2D eigenvalue weighted by Gasteiger charge is 2.15. The number of hydrogen-bond acceptors (Lipinski definition) is 3. The van der Waals surface area contributed by atoms with Crippen LogP contribution in [0.5, 0.6) is 0 Å². The van der Waals surface area contributed by atoms with E-state index < -0.39 is 11.8 Å². The molecule has 3 aromatic rings. The Labute approximate surface area is 181 Å². The second-order valence-corrected chi connectivity index (χ2v) is 7.51. The van der Waals surface area contributed by atoms with E-state index in [0.717, 1.165) is 22.6 Å². The van der Waals surface area contributed by atoms with Crippen LogP contribution in [0.4, 0.5) is 5.69 Å². The largest absolute Gasteiger partial charge is 0.329 e. The molecule has 0 radical (unpaired) electrons. The SMILES string of the molecule is Cc1cc(/C=N\NC(=O)C(=O)Nc2ccccc2Br)c(C)n1-c1ccccc1Cl. The van der Waals surface area contributed by atoms with Gasteiger partial charge in [-0.05, 0) is 60.1 Å². The summed E-state index contributed by atoms with van der Waals surface area (Å²) < 4.78 is 2.68. The maximum atomic E-state index is 12.0. The highest BCUT2D eigenvalue weighted by molar-refractivity contribution is 9.10. The van der Waals surface area contributed by atoms with Crippen LogP contribution >= 0.6 is 27.5 Å².